The molecular formula is C25H26Br2N2O2Pd. The second-order valence-electron chi connectivity index (χ2n) is 8.89. The van der Waals surface area contributed by atoms with Gasteiger partial charge in [-0.2, -0.15) is 0 Å². The van der Waals surface area contributed by atoms with Crippen molar-refractivity contribution in [3.05, 3.63) is 71.8 Å². The summed E-state index contributed by atoms with van der Waals surface area (Å²) >= 11 is 0. The van der Waals surface area contributed by atoms with Crippen LogP contribution >= 0.6 is 0 Å². The van der Waals surface area contributed by atoms with Crippen LogP contribution in [-0.2, 0) is 29.9 Å². The van der Waals surface area contributed by atoms with Crippen LogP contribution < -0.4 is 34.0 Å². The third-order valence-corrected chi connectivity index (χ3v) is 7.12. The second-order valence-corrected chi connectivity index (χ2v) is 8.89. The van der Waals surface area contributed by atoms with Gasteiger partial charge in [-0.05, 0) is 49.7 Å². The van der Waals surface area contributed by atoms with Gasteiger partial charge in [-0.15, -0.1) is 0 Å². The Bertz CT molecular complexity index is 896. The van der Waals surface area contributed by atoms with Gasteiger partial charge in [0.05, 0.1) is 6.42 Å². The first-order valence-corrected chi connectivity index (χ1v) is 10.9. The summed E-state index contributed by atoms with van der Waals surface area (Å²) in [4.78, 5) is 10.0. The van der Waals surface area contributed by atoms with E-state index in [9.17, 15) is 0 Å². The van der Waals surface area contributed by atoms with Gasteiger partial charge in [0.2, 0.25) is 0 Å². The Morgan fingerprint density at radius 2 is 1.03 bits per heavy atom. The third-order valence-electron chi connectivity index (χ3n) is 7.12. The molecule has 2 heterocycles. The number of benzene rings is 2. The first-order valence-electron chi connectivity index (χ1n) is 10.9. The van der Waals surface area contributed by atoms with E-state index in [2.05, 4.69) is 60.7 Å². The summed E-state index contributed by atoms with van der Waals surface area (Å²) in [6.45, 7) is 0. The molecule has 2 atom stereocenters. The molecule has 2 spiro atoms. The minimum absolute atomic E-state index is 0. The number of nitrogens with zero attached hydrogens (tertiary/aromatic N) is 2. The Kier molecular flexibility index (Phi) is 8.08. The van der Waals surface area contributed by atoms with Crippen molar-refractivity contribution in [2.24, 2.45) is 9.98 Å². The zero-order chi connectivity index (χ0) is 19.3. The molecule has 32 heavy (non-hydrogen) atoms. The van der Waals surface area contributed by atoms with Gasteiger partial charge in [0, 0.05) is 0 Å². The Morgan fingerprint density at radius 1 is 0.656 bits per heavy atom. The van der Waals surface area contributed by atoms with Crippen LogP contribution in [0.25, 0.3) is 0 Å². The molecule has 6 rings (SSSR count). The van der Waals surface area contributed by atoms with Gasteiger partial charge in [-0.1, -0.05) is 60.7 Å². The molecule has 0 unspecified atom stereocenters. The predicted molar refractivity (Wildman–Crippen MR) is 113 cm³/mol. The molecule has 172 valence electrons. The van der Waals surface area contributed by atoms with E-state index in [4.69, 9.17) is 19.5 Å². The summed E-state index contributed by atoms with van der Waals surface area (Å²) in [5.74, 6) is 1.58. The van der Waals surface area contributed by atoms with Crippen LogP contribution in [0.4, 0.5) is 0 Å². The van der Waals surface area contributed by atoms with Crippen molar-refractivity contribution in [1.82, 2.24) is 0 Å². The van der Waals surface area contributed by atoms with Gasteiger partial charge in [0.1, 0.15) is 23.3 Å². The standard InChI is InChI=1S/C25H26N2O2.2BrH.Pd/c1-3-9-18(10-4-1)22-24(13-7-14-24)28-20(26-22)17-21-27-23(19-11-5-2-6-12-19)25(29-21)15-8-16-25;;;/h1-6,9-12,22-23H,7-8,13-17H2;2*1H;/q;;;+2/p-2/t22-,23-;;;/m1.../s1. The monoisotopic (exact) mass is 650 g/mol. The van der Waals surface area contributed by atoms with Crippen molar-refractivity contribution >= 4 is 11.8 Å². The molecule has 0 amide bonds. The summed E-state index contributed by atoms with van der Waals surface area (Å²) in [7, 11) is 0. The summed E-state index contributed by atoms with van der Waals surface area (Å²) < 4.78 is 12.9. The van der Waals surface area contributed by atoms with Crippen molar-refractivity contribution in [3.63, 3.8) is 0 Å². The zero-order valence-electron chi connectivity index (χ0n) is 17.7. The topological polar surface area (TPSA) is 43.2 Å². The SMILES string of the molecule is [Br-].[Br-].[Pd+2].c1ccc([C@H]2N=C(CC3=N[C@H](c4ccccc4)C4(CCC4)O3)OC23CCC3)cc1. The second kappa shape index (κ2) is 10.1. The van der Waals surface area contributed by atoms with Crippen molar-refractivity contribution in [3.8, 4) is 0 Å². The Hall–Kier alpha value is -0.998. The first kappa shape index (κ1) is 25.6. The van der Waals surface area contributed by atoms with Crippen molar-refractivity contribution < 1.29 is 63.9 Å². The molecule has 2 aromatic rings. The fourth-order valence-electron chi connectivity index (χ4n) is 5.28. The summed E-state index contributed by atoms with van der Waals surface area (Å²) in [5, 5.41) is 0. The maximum atomic E-state index is 6.46. The molecule has 2 aromatic carbocycles. The molecule has 0 N–H and O–H groups in total. The number of rotatable bonds is 4. The summed E-state index contributed by atoms with van der Waals surface area (Å²) in [6.07, 6.45) is 7.28. The average Bonchev–Trinajstić information content (AvgIpc) is 3.29. The normalized spacial score (nSPS) is 25.5. The van der Waals surface area contributed by atoms with Crippen molar-refractivity contribution in [1.29, 1.82) is 0 Å². The largest absolute Gasteiger partial charge is 2.00 e. The Morgan fingerprint density at radius 3 is 1.34 bits per heavy atom. The van der Waals surface area contributed by atoms with E-state index < -0.39 is 0 Å². The van der Waals surface area contributed by atoms with Gasteiger partial charge >= 0.3 is 20.4 Å². The Balaban J connectivity index is 0.000000963. The molecule has 0 aromatic heterocycles. The number of halogens is 2. The first-order chi connectivity index (χ1) is 14.3. The molecular weight excluding hydrogens is 627 g/mol. The smallest absolute Gasteiger partial charge is 1.00 e. The maximum Gasteiger partial charge on any atom is 2.00 e. The van der Waals surface area contributed by atoms with Crippen LogP contribution in [0.5, 0.6) is 0 Å². The molecule has 4 aliphatic rings. The Labute approximate surface area is 224 Å². The van der Waals surface area contributed by atoms with Gasteiger partial charge in [-0.3, -0.25) is 0 Å². The maximum absolute atomic E-state index is 6.46. The van der Waals surface area contributed by atoms with E-state index in [1.165, 1.54) is 24.0 Å². The van der Waals surface area contributed by atoms with E-state index >= 15 is 0 Å². The summed E-state index contributed by atoms with van der Waals surface area (Å²) in [5.41, 5.74) is 2.19. The summed E-state index contributed by atoms with van der Waals surface area (Å²) in [6, 6.07) is 21.3. The number of ether oxygens (including phenoxy) is 2. The minimum Gasteiger partial charge on any atom is -1.00 e. The molecule has 2 saturated carbocycles. The zero-order valence-corrected chi connectivity index (χ0v) is 22.4. The van der Waals surface area contributed by atoms with Gasteiger partial charge in [0.15, 0.2) is 11.8 Å². The minimum atomic E-state index is -0.150. The number of hydrogen-bond acceptors (Lipinski definition) is 4. The number of aliphatic imine (C=N–C) groups is 2. The van der Waals surface area contributed by atoms with Crippen LogP contribution in [0.15, 0.2) is 70.6 Å². The van der Waals surface area contributed by atoms with Crippen molar-refractivity contribution in [2.75, 3.05) is 0 Å². The average molecular weight is 653 g/mol. The van der Waals surface area contributed by atoms with Gasteiger partial charge in [0.25, 0.3) is 0 Å². The van der Waals surface area contributed by atoms with Crippen LogP contribution in [0.3, 0.4) is 0 Å². The van der Waals surface area contributed by atoms with Gasteiger partial charge < -0.3 is 43.4 Å². The van der Waals surface area contributed by atoms with E-state index in [1.54, 1.807) is 0 Å². The molecule has 0 saturated heterocycles. The third kappa shape index (κ3) is 4.27. The van der Waals surface area contributed by atoms with Crippen LogP contribution in [-0.4, -0.2) is 23.0 Å². The predicted octanol–water partition coefficient (Wildman–Crippen LogP) is -0.433. The quantitative estimate of drug-likeness (QED) is 0.421. The fourth-order valence-corrected chi connectivity index (χ4v) is 5.28. The molecule has 0 bridgehead atoms. The van der Waals surface area contributed by atoms with E-state index in [0.29, 0.717) is 6.42 Å². The van der Waals surface area contributed by atoms with E-state index in [-0.39, 0.29) is 77.7 Å². The van der Waals surface area contributed by atoms with Crippen LogP contribution in [0, 0.1) is 0 Å². The molecule has 2 aliphatic carbocycles. The molecule has 4 nitrogen and oxygen atoms in total. The van der Waals surface area contributed by atoms with Crippen molar-refractivity contribution in [2.45, 2.75) is 68.2 Å². The van der Waals surface area contributed by atoms with E-state index in [0.717, 1.165) is 37.5 Å². The molecule has 0 radical (unpaired) electrons. The molecule has 2 fully saturated rings. The van der Waals surface area contributed by atoms with Crippen LogP contribution in [0.2, 0.25) is 0 Å². The fraction of sp³-hybridized carbons (Fsp3) is 0.440. The van der Waals surface area contributed by atoms with E-state index in [1.807, 2.05) is 0 Å². The molecule has 2 aliphatic heterocycles. The molecule has 7 heteroatoms. The van der Waals surface area contributed by atoms with Gasteiger partial charge in [-0.25, -0.2) is 9.98 Å². The number of hydrogen-bond donors (Lipinski definition) is 0. The van der Waals surface area contributed by atoms with Crippen LogP contribution in [0.1, 0.15) is 68.2 Å².